The van der Waals surface area contributed by atoms with Gasteiger partial charge in [0, 0.05) is 24.5 Å². The smallest absolute Gasteiger partial charge is 0.265 e. The van der Waals surface area contributed by atoms with E-state index in [-0.39, 0.29) is 11.5 Å². The molecule has 6 nitrogen and oxygen atoms in total. The van der Waals surface area contributed by atoms with Crippen LogP contribution in [0.4, 0.5) is 11.4 Å². The number of para-hydroxylation sites is 1. The maximum Gasteiger partial charge on any atom is 0.265 e. The molecule has 0 aromatic heterocycles. The van der Waals surface area contributed by atoms with E-state index in [4.69, 9.17) is 10.5 Å². The van der Waals surface area contributed by atoms with Gasteiger partial charge in [-0.15, -0.1) is 0 Å². The van der Waals surface area contributed by atoms with Crippen LogP contribution in [0.5, 0.6) is 5.75 Å². The van der Waals surface area contributed by atoms with Crippen LogP contribution in [-0.2, 0) is 4.79 Å². The lowest BCUT2D eigenvalue weighted by molar-refractivity contribution is -0.122. The summed E-state index contributed by atoms with van der Waals surface area (Å²) in [4.78, 5) is 26.2. The van der Waals surface area contributed by atoms with Crippen LogP contribution in [0.3, 0.4) is 0 Å². The number of nitrogens with two attached hydrogens (primary N) is 1. The van der Waals surface area contributed by atoms with E-state index < -0.39 is 12.0 Å². The first kappa shape index (κ1) is 18.8. The number of nitrogens with one attached hydrogen (secondary N) is 1. The second-order valence-corrected chi connectivity index (χ2v) is 6.70. The van der Waals surface area contributed by atoms with Crippen LogP contribution in [0.2, 0.25) is 0 Å². The Morgan fingerprint density at radius 2 is 1.70 bits per heavy atom. The number of rotatable bonds is 6. The zero-order chi connectivity index (χ0) is 19.2. The van der Waals surface area contributed by atoms with Crippen molar-refractivity contribution < 1.29 is 14.3 Å². The molecule has 0 bridgehead atoms. The highest BCUT2D eigenvalue weighted by atomic mass is 16.5. The largest absolute Gasteiger partial charge is 0.480 e. The lowest BCUT2D eigenvalue weighted by Gasteiger charge is -2.28. The number of carbonyl (C=O) groups excluding carboxylic acids is 2. The molecule has 2 aromatic carbocycles. The summed E-state index contributed by atoms with van der Waals surface area (Å²) in [7, 11) is 0. The van der Waals surface area contributed by atoms with Crippen molar-refractivity contribution in [2.24, 2.45) is 5.73 Å². The highest BCUT2D eigenvalue weighted by Crippen LogP contribution is 2.23. The molecule has 3 N–H and O–H groups in total. The number of hydrogen-bond acceptors (Lipinski definition) is 4. The Morgan fingerprint density at radius 1 is 1.04 bits per heavy atom. The summed E-state index contributed by atoms with van der Waals surface area (Å²) in [6, 6.07) is 14.5. The molecule has 1 heterocycles. The van der Waals surface area contributed by atoms with E-state index in [1.165, 1.54) is 24.9 Å². The standard InChI is InChI=1S/C21H25N3O3/c1-15(27-19-8-4-3-7-18(19)20(22)25)21(26)23-16-9-11-17(12-10-16)24-13-5-2-6-14-24/h3-4,7-12,15H,2,5-6,13-14H2,1H3,(H2,22,25)(H,23,26)/t15-/m0/s1. The summed E-state index contributed by atoms with van der Waals surface area (Å²) >= 11 is 0. The molecule has 3 rings (SSSR count). The predicted molar refractivity (Wildman–Crippen MR) is 106 cm³/mol. The number of amides is 2. The number of ether oxygens (including phenoxy) is 1. The highest BCUT2D eigenvalue weighted by Gasteiger charge is 2.18. The second kappa shape index (κ2) is 8.58. The Hall–Kier alpha value is -3.02. The molecule has 0 unspecified atom stereocenters. The molecule has 6 heteroatoms. The topological polar surface area (TPSA) is 84.7 Å². The number of benzene rings is 2. The molecule has 142 valence electrons. The molecule has 0 aliphatic carbocycles. The van der Waals surface area contributed by atoms with Crippen LogP contribution in [0.25, 0.3) is 0 Å². The molecule has 0 saturated carbocycles. The second-order valence-electron chi connectivity index (χ2n) is 6.70. The van der Waals surface area contributed by atoms with Gasteiger partial charge in [0.25, 0.3) is 11.8 Å². The number of nitrogens with zero attached hydrogens (tertiary/aromatic N) is 1. The van der Waals surface area contributed by atoms with Gasteiger partial charge in [0.2, 0.25) is 0 Å². The van der Waals surface area contributed by atoms with Crippen LogP contribution in [0, 0.1) is 0 Å². The van der Waals surface area contributed by atoms with Gasteiger partial charge in [-0.05, 0) is 62.6 Å². The van der Waals surface area contributed by atoms with Crippen molar-refractivity contribution in [3.05, 3.63) is 54.1 Å². The van der Waals surface area contributed by atoms with Crippen LogP contribution >= 0.6 is 0 Å². The first-order valence-corrected chi connectivity index (χ1v) is 9.26. The fourth-order valence-electron chi connectivity index (χ4n) is 3.17. The van der Waals surface area contributed by atoms with Gasteiger partial charge in [0.05, 0.1) is 5.56 Å². The Kier molecular flexibility index (Phi) is 5.96. The summed E-state index contributed by atoms with van der Waals surface area (Å²) in [6.07, 6.45) is 2.97. The monoisotopic (exact) mass is 367 g/mol. The van der Waals surface area contributed by atoms with Gasteiger partial charge in [-0.2, -0.15) is 0 Å². The van der Waals surface area contributed by atoms with Gasteiger partial charge in [-0.3, -0.25) is 9.59 Å². The van der Waals surface area contributed by atoms with Gasteiger partial charge in [-0.25, -0.2) is 0 Å². The minimum atomic E-state index is -0.771. The highest BCUT2D eigenvalue weighted by molar-refractivity contribution is 5.97. The molecule has 1 aliphatic heterocycles. The summed E-state index contributed by atoms with van der Waals surface area (Å²) in [5.74, 6) is -0.584. The minimum absolute atomic E-state index is 0.253. The van der Waals surface area contributed by atoms with Crippen molar-refractivity contribution in [2.75, 3.05) is 23.3 Å². The van der Waals surface area contributed by atoms with Gasteiger partial charge in [0.1, 0.15) is 5.75 Å². The first-order valence-electron chi connectivity index (χ1n) is 9.26. The zero-order valence-electron chi connectivity index (χ0n) is 15.5. The van der Waals surface area contributed by atoms with Crippen LogP contribution in [-0.4, -0.2) is 31.0 Å². The summed E-state index contributed by atoms with van der Waals surface area (Å²) in [6.45, 7) is 3.79. The molecular weight excluding hydrogens is 342 g/mol. The van der Waals surface area contributed by atoms with Gasteiger partial charge >= 0.3 is 0 Å². The molecule has 27 heavy (non-hydrogen) atoms. The third-order valence-electron chi connectivity index (χ3n) is 4.68. The van der Waals surface area contributed by atoms with E-state index in [9.17, 15) is 9.59 Å². The van der Waals surface area contributed by atoms with E-state index in [1.54, 1.807) is 31.2 Å². The van der Waals surface area contributed by atoms with E-state index in [0.29, 0.717) is 11.4 Å². The van der Waals surface area contributed by atoms with E-state index >= 15 is 0 Å². The molecule has 0 radical (unpaired) electrons. The van der Waals surface area contributed by atoms with Crippen molar-refractivity contribution in [3.63, 3.8) is 0 Å². The molecule has 1 aliphatic rings. The van der Waals surface area contributed by atoms with Crippen molar-refractivity contribution in [3.8, 4) is 5.75 Å². The Balaban J connectivity index is 1.60. The number of hydrogen-bond donors (Lipinski definition) is 2. The number of anilines is 2. The Bertz CT molecular complexity index is 799. The fraction of sp³-hybridized carbons (Fsp3) is 0.333. The number of piperidine rings is 1. The number of primary amides is 1. The lowest BCUT2D eigenvalue weighted by Crippen LogP contribution is -2.31. The molecule has 0 spiro atoms. The third-order valence-corrected chi connectivity index (χ3v) is 4.68. The SMILES string of the molecule is C[C@H](Oc1ccccc1C(N)=O)C(=O)Nc1ccc(N2CCCCC2)cc1. The average Bonchev–Trinajstić information content (AvgIpc) is 2.69. The third kappa shape index (κ3) is 4.78. The average molecular weight is 367 g/mol. The van der Waals surface area contributed by atoms with Crippen molar-refractivity contribution in [1.29, 1.82) is 0 Å². The molecule has 2 aromatic rings. The van der Waals surface area contributed by atoms with Crippen LogP contribution < -0.4 is 20.7 Å². The molecule has 1 saturated heterocycles. The minimum Gasteiger partial charge on any atom is -0.480 e. The molecular formula is C21H25N3O3. The summed E-state index contributed by atoms with van der Waals surface area (Å²) < 4.78 is 5.64. The summed E-state index contributed by atoms with van der Waals surface area (Å²) in [5, 5.41) is 2.84. The fourth-order valence-corrected chi connectivity index (χ4v) is 3.17. The normalized spacial score (nSPS) is 15.1. The van der Waals surface area contributed by atoms with E-state index in [1.807, 2.05) is 24.3 Å². The molecule has 1 fully saturated rings. The Morgan fingerprint density at radius 3 is 2.37 bits per heavy atom. The van der Waals surface area contributed by atoms with E-state index in [2.05, 4.69) is 10.2 Å². The van der Waals surface area contributed by atoms with Crippen LogP contribution in [0.15, 0.2) is 48.5 Å². The molecule has 1 atom stereocenters. The Labute approximate surface area is 159 Å². The van der Waals surface area contributed by atoms with Gasteiger partial charge < -0.3 is 20.7 Å². The maximum atomic E-state index is 12.4. The zero-order valence-corrected chi connectivity index (χ0v) is 15.5. The summed E-state index contributed by atoms with van der Waals surface area (Å²) in [5.41, 5.74) is 7.48. The van der Waals surface area contributed by atoms with E-state index in [0.717, 1.165) is 13.1 Å². The van der Waals surface area contributed by atoms with Gasteiger partial charge in [-0.1, -0.05) is 12.1 Å². The quantitative estimate of drug-likeness (QED) is 0.821. The van der Waals surface area contributed by atoms with Crippen molar-refractivity contribution in [2.45, 2.75) is 32.3 Å². The van der Waals surface area contributed by atoms with Crippen LogP contribution in [0.1, 0.15) is 36.5 Å². The predicted octanol–water partition coefficient (Wildman–Crippen LogP) is 3.18. The maximum absolute atomic E-state index is 12.4. The van der Waals surface area contributed by atoms with Crippen molar-refractivity contribution in [1.82, 2.24) is 0 Å². The molecule has 2 amide bonds. The first-order chi connectivity index (χ1) is 13.0. The van der Waals surface area contributed by atoms with Crippen molar-refractivity contribution >= 4 is 23.2 Å². The lowest BCUT2D eigenvalue weighted by atomic mass is 10.1. The number of carbonyl (C=O) groups is 2. The van der Waals surface area contributed by atoms with Gasteiger partial charge in [0.15, 0.2) is 6.10 Å².